The van der Waals surface area contributed by atoms with Crippen LogP contribution < -0.4 is 5.32 Å². The van der Waals surface area contributed by atoms with Gasteiger partial charge in [0.05, 0.1) is 24.7 Å². The Morgan fingerprint density at radius 3 is 3.03 bits per heavy atom. The number of nitrogens with zero attached hydrogens (tertiary/aromatic N) is 2. The van der Waals surface area contributed by atoms with E-state index in [1.807, 2.05) is 0 Å². The third kappa shape index (κ3) is 4.83. The largest absolute Gasteiger partial charge is 0.472 e. The molecule has 1 N–H and O–H groups in total. The summed E-state index contributed by atoms with van der Waals surface area (Å²) in [6.45, 7) is 3.20. The van der Waals surface area contributed by atoms with Crippen molar-refractivity contribution in [1.29, 1.82) is 5.26 Å². The summed E-state index contributed by atoms with van der Waals surface area (Å²) in [4.78, 5) is 27.5. The Morgan fingerprint density at radius 2 is 2.32 bits per heavy atom. The molecule has 3 heterocycles. The molecule has 2 atom stereocenters. The normalized spacial score (nSPS) is 20.5. The van der Waals surface area contributed by atoms with E-state index in [0.717, 1.165) is 54.7 Å². The van der Waals surface area contributed by atoms with Crippen molar-refractivity contribution in [2.45, 2.75) is 45.1 Å². The van der Waals surface area contributed by atoms with Crippen LogP contribution in [-0.4, -0.2) is 36.1 Å². The van der Waals surface area contributed by atoms with Crippen LogP contribution >= 0.6 is 11.3 Å². The summed E-state index contributed by atoms with van der Waals surface area (Å²) in [7, 11) is 0. The smallest absolute Gasteiger partial charge is 0.410 e. The lowest BCUT2D eigenvalue weighted by Crippen LogP contribution is -2.35. The average Bonchev–Trinajstić information content (AvgIpc) is 3.50. The quantitative estimate of drug-likeness (QED) is 0.688. The lowest BCUT2D eigenvalue weighted by atomic mass is 9.88. The first-order valence-electron chi connectivity index (χ1n) is 10.5. The highest BCUT2D eigenvalue weighted by atomic mass is 32.1. The van der Waals surface area contributed by atoms with Crippen LogP contribution in [-0.2, 0) is 22.4 Å². The van der Waals surface area contributed by atoms with Gasteiger partial charge in [0.25, 0.3) is 0 Å². The number of ether oxygens (including phenoxy) is 1. The number of likely N-dealkylation sites (tertiary alicyclic amines) is 1. The molecule has 2 aliphatic rings. The molecule has 0 radical (unpaired) electrons. The Morgan fingerprint density at radius 1 is 1.45 bits per heavy atom. The van der Waals surface area contributed by atoms with Gasteiger partial charge in [-0.25, -0.2) is 4.79 Å². The molecule has 2 unspecified atom stereocenters. The molecule has 2 amide bonds. The van der Waals surface area contributed by atoms with Crippen molar-refractivity contribution in [2.24, 2.45) is 5.92 Å². The number of hydrogen-bond donors (Lipinski definition) is 1. The zero-order valence-electron chi connectivity index (χ0n) is 17.4. The first-order valence-corrected chi connectivity index (χ1v) is 11.4. The molecule has 31 heavy (non-hydrogen) atoms. The van der Waals surface area contributed by atoms with Crippen molar-refractivity contribution in [3.8, 4) is 6.07 Å². The van der Waals surface area contributed by atoms with Crippen LogP contribution in [0.15, 0.2) is 29.1 Å². The molecule has 0 bridgehead atoms. The minimum atomic E-state index is -0.290. The van der Waals surface area contributed by atoms with Gasteiger partial charge in [0.2, 0.25) is 5.91 Å². The van der Waals surface area contributed by atoms with Crippen LogP contribution in [0.2, 0.25) is 0 Å². The number of carbonyl (C=O) groups excluding carboxylic acids is 2. The van der Waals surface area contributed by atoms with E-state index < -0.39 is 0 Å². The predicted molar refractivity (Wildman–Crippen MR) is 118 cm³/mol. The van der Waals surface area contributed by atoms with Gasteiger partial charge < -0.3 is 19.4 Å². The second kappa shape index (κ2) is 9.40. The van der Waals surface area contributed by atoms with Gasteiger partial charge in [0.15, 0.2) is 0 Å². The number of carbonyl (C=O) groups is 2. The van der Waals surface area contributed by atoms with E-state index in [-0.39, 0.29) is 24.0 Å². The van der Waals surface area contributed by atoms with Gasteiger partial charge in [0.1, 0.15) is 11.1 Å². The summed E-state index contributed by atoms with van der Waals surface area (Å²) in [6.07, 6.45) is 10.4. The average molecular weight is 440 g/mol. The molecular weight excluding hydrogens is 414 g/mol. The summed E-state index contributed by atoms with van der Waals surface area (Å²) in [6, 6.07) is 4.25. The van der Waals surface area contributed by atoms with Crippen molar-refractivity contribution in [2.75, 3.05) is 18.5 Å². The van der Waals surface area contributed by atoms with Crippen LogP contribution in [0, 0.1) is 17.2 Å². The van der Waals surface area contributed by atoms with E-state index in [0.29, 0.717) is 17.2 Å². The highest BCUT2D eigenvalue weighted by Crippen LogP contribution is 2.39. The Labute approximate surface area is 185 Å². The Hall–Kier alpha value is -3.05. The molecule has 0 aromatic carbocycles. The van der Waals surface area contributed by atoms with Crippen molar-refractivity contribution >= 4 is 34.4 Å². The summed E-state index contributed by atoms with van der Waals surface area (Å²) < 4.78 is 10.6. The van der Waals surface area contributed by atoms with Crippen molar-refractivity contribution in [3.63, 3.8) is 0 Å². The van der Waals surface area contributed by atoms with E-state index in [9.17, 15) is 14.9 Å². The lowest BCUT2D eigenvalue weighted by molar-refractivity contribution is -0.111. The van der Waals surface area contributed by atoms with Gasteiger partial charge in [-0.15, -0.1) is 11.3 Å². The van der Waals surface area contributed by atoms with Gasteiger partial charge in [-0.3, -0.25) is 4.79 Å². The second-order valence-corrected chi connectivity index (χ2v) is 9.17. The Balaban J connectivity index is 1.37. The van der Waals surface area contributed by atoms with Gasteiger partial charge in [-0.1, -0.05) is 0 Å². The predicted octanol–water partition coefficient (Wildman–Crippen LogP) is 4.59. The molecule has 1 aliphatic heterocycles. The number of rotatable bonds is 5. The van der Waals surface area contributed by atoms with Crippen LogP contribution in [0.3, 0.4) is 0 Å². The molecule has 1 saturated heterocycles. The first kappa shape index (κ1) is 21.2. The third-order valence-electron chi connectivity index (χ3n) is 5.92. The first-order chi connectivity index (χ1) is 15.0. The zero-order valence-corrected chi connectivity index (χ0v) is 18.2. The summed E-state index contributed by atoms with van der Waals surface area (Å²) in [5.74, 6) is -0.0643. The topological polar surface area (TPSA) is 95.6 Å². The maximum absolute atomic E-state index is 12.3. The van der Waals surface area contributed by atoms with Gasteiger partial charge in [-0.2, -0.15) is 5.26 Å². The van der Waals surface area contributed by atoms with E-state index in [4.69, 9.17) is 9.15 Å². The van der Waals surface area contributed by atoms with E-state index >= 15 is 0 Å². The van der Waals surface area contributed by atoms with Gasteiger partial charge >= 0.3 is 6.09 Å². The number of nitrogens with one attached hydrogen (secondary N) is 1. The minimum Gasteiger partial charge on any atom is -0.472 e. The maximum Gasteiger partial charge on any atom is 0.410 e. The number of anilines is 1. The molecular formula is C23H25N3O4S. The standard InChI is InChI=1S/C23H25N3O4S/c1-15-3-2-9-26(15)23(28)30-14-17-4-6-18-19(12-24)22(31-20(18)11-17)25-21(27)7-5-16-8-10-29-13-16/h5,7-8,10,13,15,17H,2-4,6,9,11,14H2,1H3,(H,25,27)/b7-5+. The third-order valence-corrected chi connectivity index (χ3v) is 7.09. The lowest BCUT2D eigenvalue weighted by Gasteiger charge is -2.25. The Bertz CT molecular complexity index is 1020. The van der Waals surface area contributed by atoms with Crippen LogP contribution in [0.25, 0.3) is 6.08 Å². The Kier molecular flexibility index (Phi) is 6.42. The molecule has 0 saturated carbocycles. The molecule has 7 nitrogen and oxygen atoms in total. The zero-order chi connectivity index (χ0) is 21.8. The number of nitriles is 1. The fraction of sp³-hybridized carbons (Fsp3) is 0.435. The molecule has 8 heteroatoms. The fourth-order valence-electron chi connectivity index (χ4n) is 4.17. The molecule has 4 rings (SSSR count). The SMILES string of the molecule is CC1CCCN1C(=O)OCC1CCc2c(sc(NC(=O)/C=C/c3ccoc3)c2C#N)C1. The monoisotopic (exact) mass is 439 g/mol. The molecule has 0 spiro atoms. The fourth-order valence-corrected chi connectivity index (χ4v) is 5.49. The number of thiophene rings is 1. The number of hydrogen-bond acceptors (Lipinski definition) is 6. The molecule has 2 aromatic heterocycles. The number of amides is 2. The van der Waals surface area contributed by atoms with Crippen LogP contribution in [0.4, 0.5) is 9.80 Å². The molecule has 1 fully saturated rings. The van der Waals surface area contributed by atoms with Crippen LogP contribution in [0.1, 0.15) is 47.8 Å². The summed E-state index contributed by atoms with van der Waals surface area (Å²) in [5.41, 5.74) is 2.35. The maximum atomic E-state index is 12.3. The highest BCUT2D eigenvalue weighted by Gasteiger charge is 2.29. The van der Waals surface area contributed by atoms with E-state index in [2.05, 4.69) is 18.3 Å². The molecule has 2 aromatic rings. The molecule has 1 aliphatic carbocycles. The van der Waals surface area contributed by atoms with Crippen LogP contribution in [0.5, 0.6) is 0 Å². The second-order valence-electron chi connectivity index (χ2n) is 8.07. The van der Waals surface area contributed by atoms with Crippen molar-refractivity contribution in [1.82, 2.24) is 4.90 Å². The molecule has 162 valence electrons. The summed E-state index contributed by atoms with van der Waals surface area (Å²) in [5, 5.41) is 13.1. The summed E-state index contributed by atoms with van der Waals surface area (Å²) >= 11 is 1.44. The number of fused-ring (bicyclic) bond motifs is 1. The van der Waals surface area contributed by atoms with Gasteiger partial charge in [0, 0.05) is 29.1 Å². The van der Waals surface area contributed by atoms with Crippen molar-refractivity contribution < 1.29 is 18.7 Å². The van der Waals surface area contributed by atoms with Gasteiger partial charge in [-0.05, 0) is 62.7 Å². The van der Waals surface area contributed by atoms with E-state index in [1.165, 1.54) is 23.7 Å². The minimum absolute atomic E-state index is 0.225. The van der Waals surface area contributed by atoms with E-state index in [1.54, 1.807) is 23.3 Å². The van der Waals surface area contributed by atoms with Crippen molar-refractivity contribution in [3.05, 3.63) is 46.2 Å². The number of furan rings is 1. The highest BCUT2D eigenvalue weighted by molar-refractivity contribution is 7.16.